The summed E-state index contributed by atoms with van der Waals surface area (Å²) < 4.78 is 5.58. The van der Waals surface area contributed by atoms with Crippen molar-refractivity contribution >= 4 is 11.8 Å². The van der Waals surface area contributed by atoms with Gasteiger partial charge in [0.05, 0.1) is 6.04 Å². The predicted molar refractivity (Wildman–Crippen MR) is 67.5 cm³/mol. The monoisotopic (exact) mass is 227 g/mol. The van der Waals surface area contributed by atoms with Gasteiger partial charge in [0.1, 0.15) is 11.5 Å². The lowest BCUT2D eigenvalue weighted by Crippen LogP contribution is -2.30. The molecule has 2 atom stereocenters. The number of thioether (sulfide) groups is 1. The Morgan fingerprint density at radius 1 is 1.40 bits per heavy atom. The van der Waals surface area contributed by atoms with Crippen LogP contribution in [-0.4, -0.2) is 17.5 Å². The molecule has 0 aliphatic rings. The minimum absolute atomic E-state index is 0.297. The quantitative estimate of drug-likeness (QED) is 0.806. The van der Waals surface area contributed by atoms with Crippen molar-refractivity contribution in [2.24, 2.45) is 0 Å². The first-order valence-electron chi connectivity index (χ1n) is 5.53. The zero-order valence-corrected chi connectivity index (χ0v) is 10.9. The van der Waals surface area contributed by atoms with Crippen LogP contribution in [0, 0.1) is 6.92 Å². The van der Waals surface area contributed by atoms with E-state index in [9.17, 15) is 0 Å². The van der Waals surface area contributed by atoms with Gasteiger partial charge in [0.2, 0.25) is 0 Å². The molecule has 0 amide bonds. The van der Waals surface area contributed by atoms with Gasteiger partial charge in [0, 0.05) is 11.8 Å². The van der Waals surface area contributed by atoms with Crippen molar-refractivity contribution in [3.05, 3.63) is 23.7 Å². The summed E-state index contributed by atoms with van der Waals surface area (Å²) in [5.41, 5.74) is 0. The highest BCUT2D eigenvalue weighted by atomic mass is 32.2. The van der Waals surface area contributed by atoms with E-state index in [0.29, 0.717) is 12.1 Å². The van der Waals surface area contributed by atoms with Crippen LogP contribution in [0.1, 0.15) is 38.3 Å². The van der Waals surface area contributed by atoms with Crippen molar-refractivity contribution in [3.63, 3.8) is 0 Å². The minimum atomic E-state index is 0.297. The lowest BCUT2D eigenvalue weighted by atomic mass is 10.2. The Bertz CT molecular complexity index is 285. The van der Waals surface area contributed by atoms with Crippen molar-refractivity contribution in [2.75, 3.05) is 11.5 Å². The fraction of sp³-hybridized carbons (Fsp3) is 0.667. The van der Waals surface area contributed by atoms with Crippen LogP contribution in [0.4, 0.5) is 0 Å². The number of nitrogens with one attached hydrogen (secondary N) is 1. The van der Waals surface area contributed by atoms with Gasteiger partial charge < -0.3 is 9.73 Å². The number of aryl methyl sites for hydroxylation is 1. The maximum atomic E-state index is 5.58. The molecule has 3 heteroatoms. The molecule has 0 saturated carbocycles. The Labute approximate surface area is 96.8 Å². The van der Waals surface area contributed by atoms with Crippen LogP contribution >= 0.6 is 11.8 Å². The third kappa shape index (κ3) is 4.31. The average Bonchev–Trinajstić information content (AvgIpc) is 2.61. The van der Waals surface area contributed by atoms with Gasteiger partial charge in [-0.2, -0.15) is 11.8 Å². The summed E-state index contributed by atoms with van der Waals surface area (Å²) in [5.74, 6) is 4.34. The summed E-state index contributed by atoms with van der Waals surface area (Å²) in [4.78, 5) is 0. The summed E-state index contributed by atoms with van der Waals surface area (Å²) in [7, 11) is 0. The largest absolute Gasteiger partial charge is 0.465 e. The molecule has 86 valence electrons. The number of hydrogen-bond donors (Lipinski definition) is 1. The highest BCUT2D eigenvalue weighted by Gasteiger charge is 2.11. The van der Waals surface area contributed by atoms with Crippen molar-refractivity contribution in [2.45, 2.75) is 39.8 Å². The molecule has 1 aromatic heterocycles. The Hall–Kier alpha value is -0.410. The van der Waals surface area contributed by atoms with Crippen LogP contribution in [0.3, 0.4) is 0 Å². The third-order valence-electron chi connectivity index (χ3n) is 2.29. The molecule has 0 radical (unpaired) electrons. The highest BCUT2D eigenvalue weighted by Crippen LogP contribution is 2.16. The molecule has 0 spiro atoms. The van der Waals surface area contributed by atoms with E-state index >= 15 is 0 Å². The van der Waals surface area contributed by atoms with Gasteiger partial charge in [-0.05, 0) is 38.7 Å². The molecule has 0 fully saturated rings. The van der Waals surface area contributed by atoms with E-state index in [4.69, 9.17) is 4.42 Å². The van der Waals surface area contributed by atoms with Crippen LogP contribution in [0.5, 0.6) is 0 Å². The van der Waals surface area contributed by atoms with E-state index in [2.05, 4.69) is 26.1 Å². The molecule has 0 aliphatic heterocycles. The zero-order valence-electron chi connectivity index (χ0n) is 10.0. The topological polar surface area (TPSA) is 25.2 Å². The molecule has 1 heterocycles. The van der Waals surface area contributed by atoms with Crippen LogP contribution < -0.4 is 5.32 Å². The lowest BCUT2D eigenvalue weighted by molar-refractivity contribution is 0.399. The van der Waals surface area contributed by atoms with Crippen molar-refractivity contribution < 1.29 is 4.42 Å². The van der Waals surface area contributed by atoms with Gasteiger partial charge in [-0.3, -0.25) is 0 Å². The van der Waals surface area contributed by atoms with E-state index in [-0.39, 0.29) is 0 Å². The predicted octanol–water partition coefficient (Wildman–Crippen LogP) is 3.38. The van der Waals surface area contributed by atoms with Gasteiger partial charge in [0.15, 0.2) is 0 Å². The summed E-state index contributed by atoms with van der Waals surface area (Å²) in [6.07, 6.45) is 0. The second-order valence-electron chi connectivity index (χ2n) is 3.90. The van der Waals surface area contributed by atoms with Gasteiger partial charge in [-0.15, -0.1) is 0 Å². The van der Waals surface area contributed by atoms with E-state index in [0.717, 1.165) is 17.3 Å². The molecule has 0 aliphatic carbocycles. The molecule has 2 nitrogen and oxygen atoms in total. The van der Waals surface area contributed by atoms with Crippen molar-refractivity contribution in [1.82, 2.24) is 5.32 Å². The normalized spacial score (nSPS) is 15.2. The molecule has 1 N–H and O–H groups in total. The third-order valence-corrected chi connectivity index (χ3v) is 3.44. The Morgan fingerprint density at radius 3 is 2.67 bits per heavy atom. The molecule has 2 unspecified atom stereocenters. The Balaban J connectivity index is 2.38. The van der Waals surface area contributed by atoms with Crippen LogP contribution in [-0.2, 0) is 0 Å². The zero-order chi connectivity index (χ0) is 11.3. The van der Waals surface area contributed by atoms with Crippen LogP contribution in [0.25, 0.3) is 0 Å². The second-order valence-corrected chi connectivity index (χ2v) is 5.22. The Morgan fingerprint density at radius 2 is 2.13 bits per heavy atom. The molecule has 0 aromatic carbocycles. The molecule has 15 heavy (non-hydrogen) atoms. The van der Waals surface area contributed by atoms with E-state index in [1.165, 1.54) is 5.75 Å². The van der Waals surface area contributed by atoms with E-state index < -0.39 is 0 Å². The summed E-state index contributed by atoms with van der Waals surface area (Å²) in [6, 6.07) is 4.88. The average molecular weight is 227 g/mol. The summed E-state index contributed by atoms with van der Waals surface area (Å²) >= 11 is 1.97. The van der Waals surface area contributed by atoms with Crippen molar-refractivity contribution in [1.29, 1.82) is 0 Å². The van der Waals surface area contributed by atoms with E-state index in [1.807, 2.05) is 30.8 Å². The van der Waals surface area contributed by atoms with Crippen LogP contribution in [0.15, 0.2) is 16.5 Å². The fourth-order valence-electron chi connectivity index (χ4n) is 1.54. The van der Waals surface area contributed by atoms with Gasteiger partial charge in [-0.25, -0.2) is 0 Å². The Kier molecular flexibility index (Phi) is 5.26. The van der Waals surface area contributed by atoms with Gasteiger partial charge >= 0.3 is 0 Å². The minimum Gasteiger partial charge on any atom is -0.465 e. The SMILES string of the molecule is CCSCC(C)NC(C)c1ccc(C)o1. The highest BCUT2D eigenvalue weighted by molar-refractivity contribution is 7.99. The maximum absolute atomic E-state index is 5.58. The molecular formula is C12H21NOS. The van der Waals surface area contributed by atoms with Gasteiger partial charge in [-0.1, -0.05) is 6.92 Å². The molecule has 0 bridgehead atoms. The second kappa shape index (κ2) is 6.23. The number of hydrogen-bond acceptors (Lipinski definition) is 3. The number of furan rings is 1. The molecule has 0 saturated heterocycles. The standard InChI is InChI=1S/C12H21NOS/c1-5-15-8-9(2)13-11(4)12-7-6-10(3)14-12/h6-7,9,11,13H,5,8H2,1-4H3. The van der Waals surface area contributed by atoms with Crippen molar-refractivity contribution in [3.8, 4) is 0 Å². The van der Waals surface area contributed by atoms with E-state index in [1.54, 1.807) is 0 Å². The molecule has 1 aromatic rings. The molecule has 1 rings (SSSR count). The van der Waals surface area contributed by atoms with Crippen LogP contribution in [0.2, 0.25) is 0 Å². The first-order valence-corrected chi connectivity index (χ1v) is 6.69. The summed E-state index contributed by atoms with van der Waals surface area (Å²) in [6.45, 7) is 8.53. The smallest absolute Gasteiger partial charge is 0.120 e. The first-order chi connectivity index (χ1) is 7.13. The summed E-state index contributed by atoms with van der Waals surface area (Å²) in [5, 5.41) is 3.53. The fourth-order valence-corrected chi connectivity index (χ4v) is 2.22. The lowest BCUT2D eigenvalue weighted by Gasteiger charge is -2.17. The molecular weight excluding hydrogens is 206 g/mol. The number of rotatable bonds is 6. The first kappa shape index (κ1) is 12.7. The maximum Gasteiger partial charge on any atom is 0.120 e. The van der Waals surface area contributed by atoms with Gasteiger partial charge in [0.25, 0.3) is 0 Å².